The Kier molecular flexibility index (Phi) is 5.44. The number of hydrogen-bond donors (Lipinski definition) is 1. The highest BCUT2D eigenvalue weighted by Crippen LogP contribution is 2.21. The van der Waals surface area contributed by atoms with Gasteiger partial charge in [-0.05, 0) is 23.6 Å². The lowest BCUT2D eigenvalue weighted by Crippen LogP contribution is -2.49. The fraction of sp³-hybridized carbons (Fsp3) is 0.412. The second-order valence-electron chi connectivity index (χ2n) is 5.68. The number of carbonyl (C=O) groups excluding carboxylic acids is 1. The van der Waals surface area contributed by atoms with Crippen LogP contribution in [0.5, 0.6) is 5.88 Å². The maximum absolute atomic E-state index is 12.6. The van der Waals surface area contributed by atoms with E-state index in [1.54, 1.807) is 29.7 Å². The van der Waals surface area contributed by atoms with E-state index in [9.17, 15) is 9.90 Å². The Bertz CT molecular complexity index is 669. The van der Waals surface area contributed by atoms with Crippen molar-refractivity contribution in [2.24, 2.45) is 0 Å². The second kappa shape index (κ2) is 7.74. The highest BCUT2D eigenvalue weighted by atomic mass is 32.1. The van der Waals surface area contributed by atoms with E-state index in [0.717, 1.165) is 18.0 Å². The van der Waals surface area contributed by atoms with Crippen LogP contribution in [0.4, 0.5) is 0 Å². The van der Waals surface area contributed by atoms with Crippen LogP contribution in [0, 0.1) is 0 Å². The van der Waals surface area contributed by atoms with Gasteiger partial charge in [-0.15, -0.1) is 11.3 Å². The van der Waals surface area contributed by atoms with Gasteiger partial charge in [-0.1, -0.05) is 6.07 Å². The highest BCUT2D eigenvalue weighted by Gasteiger charge is 2.25. The molecule has 0 aliphatic carbocycles. The fourth-order valence-corrected chi connectivity index (χ4v) is 3.54. The molecule has 1 N–H and O–H groups in total. The number of aliphatic hydroxyl groups excluding tert-OH is 1. The van der Waals surface area contributed by atoms with Crippen LogP contribution in [-0.4, -0.2) is 65.6 Å². The van der Waals surface area contributed by atoms with Crippen molar-refractivity contribution in [1.29, 1.82) is 0 Å². The van der Waals surface area contributed by atoms with E-state index in [1.807, 2.05) is 22.4 Å². The number of piperazine rings is 1. The van der Waals surface area contributed by atoms with Gasteiger partial charge >= 0.3 is 0 Å². The molecule has 1 aliphatic heterocycles. The van der Waals surface area contributed by atoms with E-state index >= 15 is 0 Å². The average molecular weight is 347 g/mol. The topological polar surface area (TPSA) is 65.9 Å². The summed E-state index contributed by atoms with van der Waals surface area (Å²) in [5, 5.41) is 12.2. The molecule has 2 aromatic rings. The number of aromatic nitrogens is 1. The number of carbonyl (C=O) groups is 1. The largest absolute Gasteiger partial charge is 0.480 e. The van der Waals surface area contributed by atoms with E-state index < -0.39 is 6.10 Å². The molecule has 0 saturated carbocycles. The van der Waals surface area contributed by atoms with Gasteiger partial charge in [0.1, 0.15) is 11.7 Å². The molecule has 1 aliphatic rings. The maximum atomic E-state index is 12.6. The molecule has 128 valence electrons. The van der Waals surface area contributed by atoms with Crippen LogP contribution in [0.2, 0.25) is 0 Å². The summed E-state index contributed by atoms with van der Waals surface area (Å²) in [6, 6.07) is 7.37. The molecule has 3 rings (SSSR count). The van der Waals surface area contributed by atoms with Crippen molar-refractivity contribution in [3.63, 3.8) is 0 Å². The summed E-state index contributed by atoms with van der Waals surface area (Å²) < 4.78 is 5.17. The SMILES string of the molecule is COc1ncccc1C(=O)N1CCN(C[C@@H](O)c2cccs2)CC1. The molecule has 2 aromatic heterocycles. The molecule has 7 heteroatoms. The van der Waals surface area contributed by atoms with Gasteiger partial charge in [-0.25, -0.2) is 4.98 Å². The molecule has 1 saturated heterocycles. The van der Waals surface area contributed by atoms with Crippen molar-refractivity contribution >= 4 is 17.2 Å². The van der Waals surface area contributed by atoms with Crippen molar-refractivity contribution in [2.75, 3.05) is 39.8 Å². The van der Waals surface area contributed by atoms with Gasteiger partial charge in [-0.3, -0.25) is 9.69 Å². The molecule has 0 aromatic carbocycles. The molecule has 1 fully saturated rings. The quantitative estimate of drug-likeness (QED) is 0.891. The summed E-state index contributed by atoms with van der Waals surface area (Å²) in [5.74, 6) is 0.302. The fourth-order valence-electron chi connectivity index (χ4n) is 2.84. The molecule has 1 amide bonds. The zero-order chi connectivity index (χ0) is 16.9. The zero-order valence-corrected chi connectivity index (χ0v) is 14.4. The number of aliphatic hydroxyl groups is 1. The van der Waals surface area contributed by atoms with Crippen LogP contribution in [-0.2, 0) is 0 Å². The molecule has 3 heterocycles. The number of pyridine rings is 1. The number of thiophene rings is 1. The minimum atomic E-state index is -0.467. The Morgan fingerprint density at radius 3 is 2.79 bits per heavy atom. The number of ether oxygens (including phenoxy) is 1. The Labute approximate surface area is 145 Å². The van der Waals surface area contributed by atoms with Crippen LogP contribution in [0.3, 0.4) is 0 Å². The third-order valence-electron chi connectivity index (χ3n) is 4.16. The lowest BCUT2D eigenvalue weighted by molar-refractivity contribution is 0.0530. The van der Waals surface area contributed by atoms with E-state index in [4.69, 9.17) is 4.74 Å². The number of nitrogens with zero attached hydrogens (tertiary/aromatic N) is 3. The Balaban J connectivity index is 1.56. The first-order chi connectivity index (χ1) is 11.7. The van der Waals surface area contributed by atoms with Crippen LogP contribution in [0.25, 0.3) is 0 Å². The first-order valence-corrected chi connectivity index (χ1v) is 8.79. The van der Waals surface area contributed by atoms with Gasteiger partial charge in [0.25, 0.3) is 5.91 Å². The van der Waals surface area contributed by atoms with E-state index in [1.165, 1.54) is 7.11 Å². The minimum absolute atomic E-state index is 0.0570. The first kappa shape index (κ1) is 16.9. The van der Waals surface area contributed by atoms with Crippen molar-refractivity contribution in [1.82, 2.24) is 14.8 Å². The van der Waals surface area contributed by atoms with Gasteiger partial charge in [-0.2, -0.15) is 0 Å². The van der Waals surface area contributed by atoms with Crippen LogP contribution in [0.15, 0.2) is 35.8 Å². The molecule has 1 atom stereocenters. The van der Waals surface area contributed by atoms with Crippen molar-refractivity contribution in [3.8, 4) is 5.88 Å². The van der Waals surface area contributed by atoms with Gasteiger partial charge in [0.2, 0.25) is 5.88 Å². The van der Waals surface area contributed by atoms with Crippen LogP contribution in [0.1, 0.15) is 21.3 Å². The molecule has 6 nitrogen and oxygen atoms in total. The molecule has 0 bridgehead atoms. The Morgan fingerprint density at radius 1 is 1.33 bits per heavy atom. The Morgan fingerprint density at radius 2 is 2.12 bits per heavy atom. The molecule has 0 radical (unpaired) electrons. The third kappa shape index (κ3) is 3.75. The molecule has 0 unspecified atom stereocenters. The van der Waals surface area contributed by atoms with E-state index in [2.05, 4.69) is 9.88 Å². The lowest BCUT2D eigenvalue weighted by atomic mass is 10.2. The molecule has 0 spiro atoms. The van der Waals surface area contributed by atoms with Gasteiger partial charge < -0.3 is 14.7 Å². The molecular formula is C17H21N3O3S. The highest BCUT2D eigenvalue weighted by molar-refractivity contribution is 7.10. The summed E-state index contributed by atoms with van der Waals surface area (Å²) in [5.41, 5.74) is 0.493. The number of rotatable bonds is 5. The average Bonchev–Trinajstić information content (AvgIpc) is 3.16. The van der Waals surface area contributed by atoms with Gasteiger partial charge in [0, 0.05) is 43.8 Å². The van der Waals surface area contributed by atoms with Crippen LogP contribution >= 0.6 is 11.3 Å². The third-order valence-corrected chi connectivity index (χ3v) is 5.13. The Hall–Kier alpha value is -1.96. The number of amides is 1. The number of hydrogen-bond acceptors (Lipinski definition) is 6. The maximum Gasteiger partial charge on any atom is 0.259 e. The monoisotopic (exact) mass is 347 g/mol. The second-order valence-corrected chi connectivity index (χ2v) is 6.66. The van der Waals surface area contributed by atoms with E-state index in [0.29, 0.717) is 31.1 Å². The van der Waals surface area contributed by atoms with Gasteiger partial charge in [0.15, 0.2) is 0 Å². The normalized spacial score (nSPS) is 16.8. The predicted octanol–water partition coefficient (Wildman–Crippen LogP) is 1.64. The van der Waals surface area contributed by atoms with Crippen molar-refractivity contribution in [2.45, 2.75) is 6.10 Å². The number of β-amino-alcohol motifs (C(OH)–C–C–N with tert-alkyl or cyclic N) is 1. The lowest BCUT2D eigenvalue weighted by Gasteiger charge is -2.35. The predicted molar refractivity (Wildman–Crippen MR) is 92.4 cm³/mol. The first-order valence-electron chi connectivity index (χ1n) is 7.91. The van der Waals surface area contributed by atoms with E-state index in [-0.39, 0.29) is 5.91 Å². The molecule has 24 heavy (non-hydrogen) atoms. The van der Waals surface area contributed by atoms with Crippen molar-refractivity contribution in [3.05, 3.63) is 46.3 Å². The van der Waals surface area contributed by atoms with Crippen LogP contribution < -0.4 is 4.74 Å². The zero-order valence-electron chi connectivity index (χ0n) is 13.6. The van der Waals surface area contributed by atoms with Crippen molar-refractivity contribution < 1.29 is 14.6 Å². The molecular weight excluding hydrogens is 326 g/mol. The summed E-state index contributed by atoms with van der Waals surface area (Å²) in [7, 11) is 1.52. The summed E-state index contributed by atoms with van der Waals surface area (Å²) in [6.07, 6.45) is 1.14. The summed E-state index contributed by atoms with van der Waals surface area (Å²) >= 11 is 1.56. The summed E-state index contributed by atoms with van der Waals surface area (Å²) in [4.78, 5) is 21.7. The minimum Gasteiger partial charge on any atom is -0.480 e. The summed E-state index contributed by atoms with van der Waals surface area (Å²) in [6.45, 7) is 3.36. The van der Waals surface area contributed by atoms with Gasteiger partial charge in [0.05, 0.1) is 7.11 Å². The standard InChI is InChI=1S/C17H21N3O3S/c1-23-16-13(4-2-6-18-16)17(22)20-9-7-19(8-10-20)12-14(21)15-5-3-11-24-15/h2-6,11,14,21H,7-10,12H2,1H3/t14-/m1/s1. The smallest absolute Gasteiger partial charge is 0.259 e. The number of methoxy groups -OCH3 is 1.